The van der Waals surface area contributed by atoms with Gasteiger partial charge in [-0.25, -0.2) is 0 Å². The number of hydrogen-bond acceptors (Lipinski definition) is 7. The average molecular weight is 446 g/mol. The number of aliphatic hydroxyl groups is 1. The van der Waals surface area contributed by atoms with E-state index in [-0.39, 0.29) is 18.3 Å². The molecular formula is C20H35N3O6S. The molecule has 0 aromatic rings. The maximum Gasteiger partial charge on any atom is 0.290 e. The maximum absolute atomic E-state index is 12.1. The summed E-state index contributed by atoms with van der Waals surface area (Å²) in [4.78, 5) is 36.5. The first kappa shape index (κ1) is 24.9. The van der Waals surface area contributed by atoms with Crippen LogP contribution in [0.3, 0.4) is 0 Å². The normalized spacial score (nSPS) is 28.7. The summed E-state index contributed by atoms with van der Waals surface area (Å²) in [6, 6.07) is 0. The summed E-state index contributed by atoms with van der Waals surface area (Å²) in [6.45, 7) is 6.46. The van der Waals surface area contributed by atoms with E-state index >= 15 is 0 Å². The number of nitrogens with zero attached hydrogens (tertiary/aromatic N) is 2. The van der Waals surface area contributed by atoms with Crippen LogP contribution in [0.2, 0.25) is 0 Å². The van der Waals surface area contributed by atoms with Gasteiger partial charge in [0.05, 0.1) is 16.9 Å². The van der Waals surface area contributed by atoms with Crippen molar-refractivity contribution >= 4 is 30.0 Å². The van der Waals surface area contributed by atoms with E-state index in [1.807, 2.05) is 18.1 Å². The van der Waals surface area contributed by atoms with Crippen molar-refractivity contribution in [3.05, 3.63) is 0 Å². The van der Waals surface area contributed by atoms with Crippen LogP contribution in [0.1, 0.15) is 39.0 Å². The third-order valence-corrected chi connectivity index (χ3v) is 6.92. The fraction of sp³-hybridized carbons (Fsp3) is 0.850. The fourth-order valence-electron chi connectivity index (χ4n) is 4.65. The second-order valence-electron chi connectivity index (χ2n) is 8.40. The molecule has 2 atom stereocenters. The zero-order valence-corrected chi connectivity index (χ0v) is 18.8. The minimum atomic E-state index is -0.716. The summed E-state index contributed by atoms with van der Waals surface area (Å²) in [5.41, 5.74) is -1.23. The minimum Gasteiger partial charge on any atom is -0.483 e. The Hall–Kier alpha value is -1.36. The number of amides is 2. The minimum absolute atomic E-state index is 0.0335. The van der Waals surface area contributed by atoms with Gasteiger partial charge < -0.3 is 30.1 Å². The molecule has 2 amide bonds. The zero-order valence-electron chi connectivity index (χ0n) is 18.0. The molecule has 0 aromatic heterocycles. The van der Waals surface area contributed by atoms with Crippen molar-refractivity contribution in [2.75, 3.05) is 51.3 Å². The van der Waals surface area contributed by atoms with Crippen LogP contribution >= 0.6 is 11.8 Å². The molecular weight excluding hydrogens is 410 g/mol. The summed E-state index contributed by atoms with van der Waals surface area (Å²) in [7, 11) is 0. The fourth-order valence-corrected chi connectivity index (χ4v) is 4.99. The van der Waals surface area contributed by atoms with Crippen LogP contribution in [-0.4, -0.2) is 107 Å². The molecule has 10 heteroatoms. The van der Waals surface area contributed by atoms with Crippen LogP contribution < -0.4 is 5.32 Å². The van der Waals surface area contributed by atoms with E-state index in [4.69, 9.17) is 14.6 Å². The van der Waals surface area contributed by atoms with Gasteiger partial charge in [0.1, 0.15) is 6.10 Å². The van der Waals surface area contributed by atoms with E-state index in [0.29, 0.717) is 25.2 Å². The molecule has 1 spiro atoms. The second-order valence-corrected chi connectivity index (χ2v) is 9.26. The van der Waals surface area contributed by atoms with Crippen LogP contribution in [0, 0.1) is 0 Å². The number of rotatable bonds is 6. The number of nitrogens with one attached hydrogen (secondary N) is 1. The monoisotopic (exact) mass is 445 g/mol. The predicted octanol–water partition coefficient (Wildman–Crippen LogP) is 0.163. The van der Waals surface area contributed by atoms with E-state index in [1.54, 1.807) is 0 Å². The molecule has 9 nitrogen and oxygen atoms in total. The first-order chi connectivity index (χ1) is 14.3. The van der Waals surface area contributed by atoms with E-state index in [2.05, 4.69) is 10.2 Å². The first-order valence-corrected chi connectivity index (χ1v) is 11.9. The lowest BCUT2D eigenvalue weighted by atomic mass is 9.73. The molecule has 0 unspecified atom stereocenters. The van der Waals surface area contributed by atoms with Gasteiger partial charge in [-0.05, 0) is 38.9 Å². The number of piperidine rings is 1. The van der Waals surface area contributed by atoms with Gasteiger partial charge in [-0.2, -0.15) is 11.8 Å². The lowest BCUT2D eigenvalue weighted by molar-refractivity contribution is -0.207. The maximum atomic E-state index is 12.1. The zero-order chi connectivity index (χ0) is 22.2. The Kier molecular flexibility index (Phi) is 9.39. The molecule has 30 heavy (non-hydrogen) atoms. The largest absolute Gasteiger partial charge is 0.483 e. The van der Waals surface area contributed by atoms with Gasteiger partial charge in [0, 0.05) is 45.8 Å². The number of carbonyl (C=O) groups is 3. The topological polar surface area (TPSA) is 119 Å². The van der Waals surface area contributed by atoms with Gasteiger partial charge in [-0.3, -0.25) is 14.4 Å². The first-order valence-electron chi connectivity index (χ1n) is 10.5. The van der Waals surface area contributed by atoms with Gasteiger partial charge in [0.25, 0.3) is 6.47 Å². The summed E-state index contributed by atoms with van der Waals surface area (Å²) in [6.07, 6.45) is 4.96. The Morgan fingerprint density at radius 3 is 2.53 bits per heavy atom. The highest BCUT2D eigenvalue weighted by Crippen LogP contribution is 2.40. The Labute approximate surface area is 182 Å². The highest BCUT2D eigenvalue weighted by atomic mass is 32.2. The van der Waals surface area contributed by atoms with Crippen molar-refractivity contribution in [3.8, 4) is 0 Å². The molecule has 0 saturated carbocycles. The summed E-state index contributed by atoms with van der Waals surface area (Å²) in [5.74, 6) is 0.638. The Bertz CT molecular complexity index is 599. The number of carbonyl (C=O) groups excluding carboxylic acids is 2. The van der Waals surface area contributed by atoms with Gasteiger partial charge in [0.2, 0.25) is 11.8 Å². The molecule has 3 rings (SSSR count). The van der Waals surface area contributed by atoms with Gasteiger partial charge >= 0.3 is 0 Å². The van der Waals surface area contributed by atoms with Gasteiger partial charge in [-0.1, -0.05) is 0 Å². The average Bonchev–Trinajstić information content (AvgIpc) is 3.11. The third-order valence-electron chi connectivity index (χ3n) is 6.37. The number of aliphatic hydroxyl groups excluding tert-OH is 1. The van der Waals surface area contributed by atoms with E-state index in [0.717, 1.165) is 52.0 Å². The molecule has 3 heterocycles. The summed E-state index contributed by atoms with van der Waals surface area (Å²) < 4.78 is 6.10. The number of thioether (sulfide) groups is 1. The molecule has 0 bridgehead atoms. The molecule has 3 fully saturated rings. The smallest absolute Gasteiger partial charge is 0.290 e. The van der Waals surface area contributed by atoms with Crippen molar-refractivity contribution in [1.82, 2.24) is 15.1 Å². The predicted molar refractivity (Wildman–Crippen MR) is 114 cm³/mol. The molecule has 3 aliphatic heterocycles. The SMILES string of the molecule is CSCC(=O)N[C@]1(C)CCOC2(CCN(CCN3CCCC3=O)CC2)[C@H]1O.O=CO. The Morgan fingerprint density at radius 1 is 1.30 bits per heavy atom. The Balaban J connectivity index is 0.00000101. The molecule has 172 valence electrons. The van der Waals surface area contributed by atoms with Gasteiger partial charge in [-0.15, -0.1) is 0 Å². The second kappa shape index (κ2) is 11.3. The van der Waals surface area contributed by atoms with Crippen LogP contribution in [-0.2, 0) is 19.1 Å². The van der Waals surface area contributed by atoms with Crippen molar-refractivity contribution in [2.24, 2.45) is 0 Å². The van der Waals surface area contributed by atoms with E-state index < -0.39 is 17.2 Å². The molecule has 0 aromatic carbocycles. The van der Waals surface area contributed by atoms with Crippen LogP contribution in [0.15, 0.2) is 0 Å². The van der Waals surface area contributed by atoms with Crippen molar-refractivity contribution in [1.29, 1.82) is 0 Å². The number of hydrogen-bond donors (Lipinski definition) is 3. The highest BCUT2D eigenvalue weighted by Gasteiger charge is 2.53. The summed E-state index contributed by atoms with van der Waals surface area (Å²) in [5, 5.41) is 21.1. The van der Waals surface area contributed by atoms with Crippen molar-refractivity contribution < 1.29 is 29.3 Å². The Morgan fingerprint density at radius 2 is 1.97 bits per heavy atom. The van der Waals surface area contributed by atoms with Crippen molar-refractivity contribution in [3.63, 3.8) is 0 Å². The standard InChI is InChI=1S/C19H33N3O4S.CH2O2/c1-18(20-15(23)14-27-2)7-13-26-19(17(18)25)5-9-21(10-6-19)11-12-22-8-3-4-16(22)24;2-1-3/h17,25H,3-14H2,1-2H3,(H,20,23);1H,(H,2,3)/t17-,18+;/m0./s1. The van der Waals surface area contributed by atoms with Crippen LogP contribution in [0.4, 0.5) is 0 Å². The van der Waals surface area contributed by atoms with E-state index in [9.17, 15) is 14.7 Å². The lowest BCUT2D eigenvalue weighted by Crippen LogP contribution is -2.69. The van der Waals surface area contributed by atoms with E-state index in [1.165, 1.54) is 11.8 Å². The van der Waals surface area contributed by atoms with Crippen LogP contribution in [0.5, 0.6) is 0 Å². The lowest BCUT2D eigenvalue weighted by Gasteiger charge is -2.53. The molecule has 0 aliphatic carbocycles. The van der Waals surface area contributed by atoms with Gasteiger partial charge in [0.15, 0.2) is 0 Å². The molecule has 3 aliphatic rings. The van der Waals surface area contributed by atoms with Crippen LogP contribution in [0.25, 0.3) is 0 Å². The van der Waals surface area contributed by atoms with Crippen molar-refractivity contribution in [2.45, 2.75) is 56.3 Å². The quantitative estimate of drug-likeness (QED) is 0.495. The summed E-state index contributed by atoms with van der Waals surface area (Å²) >= 11 is 1.48. The molecule has 0 radical (unpaired) electrons. The molecule has 3 saturated heterocycles. The number of carboxylic acid groups (broad SMARTS) is 1. The number of ether oxygens (including phenoxy) is 1. The number of likely N-dealkylation sites (tertiary alicyclic amines) is 2. The molecule has 3 N–H and O–H groups in total. The third kappa shape index (κ3) is 6.09. The highest BCUT2D eigenvalue weighted by molar-refractivity contribution is 7.99.